The van der Waals surface area contributed by atoms with Gasteiger partial charge in [-0.05, 0) is 37.3 Å². The highest BCUT2D eigenvalue weighted by Crippen LogP contribution is 2.40. The zero-order valence-corrected chi connectivity index (χ0v) is 15.3. The van der Waals surface area contributed by atoms with Gasteiger partial charge in [0.1, 0.15) is 17.9 Å². The average molecular weight is 414 g/mol. The van der Waals surface area contributed by atoms with Gasteiger partial charge in [-0.2, -0.15) is 0 Å². The Bertz CT molecular complexity index is 877. The number of likely N-dealkylation sites (N-methyl/N-ethyl adjacent to an activating group) is 1. The van der Waals surface area contributed by atoms with Gasteiger partial charge in [-0.3, -0.25) is 0 Å². The van der Waals surface area contributed by atoms with Crippen molar-refractivity contribution < 1.29 is 8.78 Å². The lowest BCUT2D eigenvalue weighted by atomic mass is 10.0. The van der Waals surface area contributed by atoms with Crippen molar-refractivity contribution in [2.45, 2.75) is 6.92 Å². The van der Waals surface area contributed by atoms with Crippen LogP contribution < -0.4 is 10.0 Å². The number of hydrogen-bond acceptors (Lipinski definition) is 2. The molecule has 0 radical (unpaired) electrons. The monoisotopic (exact) mass is 412 g/mol. The van der Waals surface area contributed by atoms with Gasteiger partial charge in [-0.1, -0.05) is 33.6 Å². The van der Waals surface area contributed by atoms with Gasteiger partial charge in [0, 0.05) is 10.0 Å². The van der Waals surface area contributed by atoms with Crippen LogP contribution in [0, 0.1) is 17.0 Å². The molecule has 2 N–H and O–H groups in total. The van der Waals surface area contributed by atoms with E-state index in [-0.39, 0.29) is 27.0 Å². The SMILES string of the molecule is CC1=C(c2ccc(F)cc2Br)C(=N)[N+](C)(c2c(F)cccc2Cl)N1. The average Bonchev–Trinajstić information content (AvgIpc) is 2.70. The molecule has 2 aromatic carbocycles. The van der Waals surface area contributed by atoms with Crippen molar-refractivity contribution in [2.75, 3.05) is 7.05 Å². The van der Waals surface area contributed by atoms with Crippen LogP contribution in [0.4, 0.5) is 14.5 Å². The summed E-state index contributed by atoms with van der Waals surface area (Å²) in [6, 6.07) is 8.66. The Hall–Kier alpha value is -1.76. The molecule has 7 heteroatoms. The molecule has 1 unspecified atom stereocenters. The van der Waals surface area contributed by atoms with E-state index in [1.54, 1.807) is 26.1 Å². The van der Waals surface area contributed by atoms with Crippen molar-refractivity contribution in [1.29, 1.82) is 5.41 Å². The van der Waals surface area contributed by atoms with Crippen molar-refractivity contribution in [1.82, 2.24) is 10.0 Å². The van der Waals surface area contributed by atoms with Crippen molar-refractivity contribution in [3.05, 3.63) is 68.8 Å². The lowest BCUT2D eigenvalue weighted by Gasteiger charge is -2.29. The maximum atomic E-state index is 14.4. The first-order valence-electron chi connectivity index (χ1n) is 7.11. The van der Waals surface area contributed by atoms with Crippen LogP contribution in [0.15, 0.2) is 46.6 Å². The molecule has 2 aromatic rings. The number of benzene rings is 2. The van der Waals surface area contributed by atoms with E-state index in [0.29, 0.717) is 21.3 Å². The van der Waals surface area contributed by atoms with E-state index in [1.165, 1.54) is 24.3 Å². The van der Waals surface area contributed by atoms with Gasteiger partial charge in [0.05, 0.1) is 11.3 Å². The van der Waals surface area contributed by atoms with Gasteiger partial charge in [0.25, 0.3) is 5.84 Å². The zero-order chi connectivity index (χ0) is 17.6. The summed E-state index contributed by atoms with van der Waals surface area (Å²) >= 11 is 9.52. The second kappa shape index (κ2) is 5.95. The van der Waals surface area contributed by atoms with Crippen LogP contribution in [0.2, 0.25) is 5.02 Å². The summed E-state index contributed by atoms with van der Waals surface area (Å²) in [5.74, 6) is -0.767. The number of rotatable bonds is 2. The summed E-state index contributed by atoms with van der Waals surface area (Å²) in [6.07, 6.45) is 0. The topological polar surface area (TPSA) is 35.9 Å². The second-order valence-electron chi connectivity index (χ2n) is 5.66. The standard InChI is InChI=1S/C17H14BrClF2N3/c1-9-15(11-7-6-10(20)8-12(11)18)17(22)24(2,23-9)16-13(19)4-3-5-14(16)21/h3-8,22-23H,1-2H3/q+1. The van der Waals surface area contributed by atoms with Gasteiger partial charge in [0.15, 0.2) is 5.82 Å². The van der Waals surface area contributed by atoms with Crippen LogP contribution in [-0.2, 0) is 0 Å². The Kier molecular flexibility index (Phi) is 4.23. The molecule has 1 atom stereocenters. The Morgan fingerprint density at radius 2 is 1.92 bits per heavy atom. The van der Waals surface area contributed by atoms with Crippen molar-refractivity contribution in [2.24, 2.45) is 0 Å². The predicted octanol–water partition coefficient (Wildman–Crippen LogP) is 5.24. The molecular weight excluding hydrogens is 400 g/mol. The van der Waals surface area contributed by atoms with Gasteiger partial charge >= 0.3 is 0 Å². The van der Waals surface area contributed by atoms with E-state index in [1.807, 2.05) is 0 Å². The van der Waals surface area contributed by atoms with Gasteiger partial charge in [-0.25, -0.2) is 19.6 Å². The number of nitrogens with one attached hydrogen (secondary N) is 2. The predicted molar refractivity (Wildman–Crippen MR) is 96.7 cm³/mol. The van der Waals surface area contributed by atoms with Crippen molar-refractivity contribution >= 4 is 44.6 Å². The Morgan fingerprint density at radius 3 is 2.54 bits per heavy atom. The Labute approximate surface area is 151 Å². The molecular formula is C17H14BrClF2N3+. The molecule has 0 spiro atoms. The number of allylic oxidation sites excluding steroid dienone is 1. The molecule has 1 aliphatic heterocycles. The molecule has 1 aliphatic rings. The number of halogens is 4. The van der Waals surface area contributed by atoms with Crippen molar-refractivity contribution in [3.63, 3.8) is 0 Å². The van der Waals surface area contributed by atoms with Crippen LogP contribution in [0.1, 0.15) is 12.5 Å². The lowest BCUT2D eigenvalue weighted by molar-refractivity contribution is 0.404. The van der Waals surface area contributed by atoms with Crippen molar-refractivity contribution in [3.8, 4) is 0 Å². The fourth-order valence-electron chi connectivity index (χ4n) is 2.95. The summed E-state index contributed by atoms with van der Waals surface area (Å²) in [6.45, 7) is 1.79. The molecule has 0 bridgehead atoms. The number of para-hydroxylation sites is 1. The van der Waals surface area contributed by atoms with Crippen LogP contribution in [0.5, 0.6) is 0 Å². The maximum absolute atomic E-state index is 14.4. The highest BCUT2D eigenvalue weighted by molar-refractivity contribution is 9.10. The largest absolute Gasteiger partial charge is 0.260 e. The summed E-state index contributed by atoms with van der Waals surface area (Å²) in [5.41, 5.74) is 5.19. The summed E-state index contributed by atoms with van der Waals surface area (Å²) < 4.78 is 28.0. The van der Waals surface area contributed by atoms with Crippen LogP contribution >= 0.6 is 27.5 Å². The van der Waals surface area contributed by atoms with Gasteiger partial charge in [-0.15, -0.1) is 4.59 Å². The molecule has 24 heavy (non-hydrogen) atoms. The molecule has 0 aromatic heterocycles. The highest BCUT2D eigenvalue weighted by atomic mass is 79.9. The molecule has 0 saturated heterocycles. The van der Waals surface area contributed by atoms with Gasteiger partial charge in [0.2, 0.25) is 5.69 Å². The van der Waals surface area contributed by atoms with E-state index < -0.39 is 5.82 Å². The highest BCUT2D eigenvalue weighted by Gasteiger charge is 2.45. The van der Waals surface area contributed by atoms with Gasteiger partial charge < -0.3 is 0 Å². The molecule has 124 valence electrons. The molecule has 3 rings (SSSR count). The number of nitrogens with zero attached hydrogens (tertiary/aromatic N) is 1. The number of quaternary nitrogens is 1. The molecule has 0 saturated carbocycles. The molecule has 3 nitrogen and oxygen atoms in total. The molecule has 0 aliphatic carbocycles. The van der Waals surface area contributed by atoms with E-state index in [4.69, 9.17) is 17.0 Å². The molecule has 1 heterocycles. The fraction of sp³-hybridized carbons (Fsp3) is 0.118. The quantitative estimate of drug-likeness (QED) is 0.649. The fourth-order valence-corrected chi connectivity index (χ4v) is 3.84. The van der Waals surface area contributed by atoms with Crippen LogP contribution in [-0.4, -0.2) is 12.9 Å². The maximum Gasteiger partial charge on any atom is 0.260 e. The Balaban J connectivity index is 2.14. The van der Waals surface area contributed by atoms with E-state index in [0.717, 1.165) is 0 Å². The van der Waals surface area contributed by atoms with E-state index in [9.17, 15) is 8.78 Å². The Morgan fingerprint density at radius 1 is 1.21 bits per heavy atom. The summed E-state index contributed by atoms with van der Waals surface area (Å²) in [5, 5.41) is 8.84. The first-order valence-corrected chi connectivity index (χ1v) is 8.28. The smallest absolute Gasteiger partial charge is 0.248 e. The first-order chi connectivity index (χ1) is 11.3. The first kappa shape index (κ1) is 17.1. The third kappa shape index (κ3) is 2.55. The molecule has 0 fully saturated rings. The minimum Gasteiger partial charge on any atom is -0.248 e. The van der Waals surface area contributed by atoms with Crippen LogP contribution in [0.3, 0.4) is 0 Å². The number of amidine groups is 1. The lowest BCUT2D eigenvalue weighted by Crippen LogP contribution is -2.55. The summed E-state index contributed by atoms with van der Waals surface area (Å²) in [4.78, 5) is 0. The third-order valence-electron chi connectivity index (χ3n) is 4.04. The number of hydrogen-bond donors (Lipinski definition) is 2. The summed E-state index contributed by atoms with van der Waals surface area (Å²) in [7, 11) is 1.65. The minimum atomic E-state index is -0.505. The molecule has 0 amide bonds. The third-order valence-corrected chi connectivity index (χ3v) is 5.00. The minimum absolute atomic E-state index is 0.117. The second-order valence-corrected chi connectivity index (χ2v) is 6.92. The van der Waals surface area contributed by atoms with E-state index in [2.05, 4.69) is 21.4 Å². The normalized spacial score (nSPS) is 20.5. The van der Waals surface area contributed by atoms with Crippen LogP contribution in [0.25, 0.3) is 5.57 Å². The van der Waals surface area contributed by atoms with E-state index >= 15 is 0 Å². The zero-order valence-electron chi connectivity index (χ0n) is 12.9.